The Morgan fingerprint density at radius 1 is 1.24 bits per heavy atom. The van der Waals surface area contributed by atoms with Gasteiger partial charge in [-0.25, -0.2) is 0 Å². The maximum Gasteiger partial charge on any atom is 0.0806 e. The first-order chi connectivity index (χ1) is 8.08. The summed E-state index contributed by atoms with van der Waals surface area (Å²) in [5.74, 6) is 0.785. The fourth-order valence-corrected chi connectivity index (χ4v) is 2.67. The molecule has 0 aromatic heterocycles. The van der Waals surface area contributed by atoms with Gasteiger partial charge in [-0.1, -0.05) is 20.8 Å². The SMILES string of the molecule is CCCNC(CCC(C)C)C1(C)CCCCO1. The van der Waals surface area contributed by atoms with Crippen LogP contribution in [0.15, 0.2) is 0 Å². The molecule has 0 saturated carbocycles. The first-order valence-corrected chi connectivity index (χ1v) is 7.46. The van der Waals surface area contributed by atoms with Gasteiger partial charge < -0.3 is 10.1 Å². The molecule has 2 unspecified atom stereocenters. The number of rotatable bonds is 7. The van der Waals surface area contributed by atoms with E-state index in [1.165, 1.54) is 38.5 Å². The number of hydrogen-bond acceptors (Lipinski definition) is 2. The zero-order chi connectivity index (χ0) is 12.7. The second-order valence-corrected chi connectivity index (χ2v) is 6.10. The highest BCUT2D eigenvalue weighted by Crippen LogP contribution is 2.30. The van der Waals surface area contributed by atoms with E-state index < -0.39 is 0 Å². The van der Waals surface area contributed by atoms with Crippen LogP contribution >= 0.6 is 0 Å². The van der Waals surface area contributed by atoms with Gasteiger partial charge in [0.15, 0.2) is 0 Å². The van der Waals surface area contributed by atoms with Crippen LogP contribution in [0, 0.1) is 5.92 Å². The Morgan fingerprint density at radius 3 is 2.53 bits per heavy atom. The van der Waals surface area contributed by atoms with E-state index in [-0.39, 0.29) is 5.60 Å². The van der Waals surface area contributed by atoms with Crippen molar-refractivity contribution in [2.45, 2.75) is 77.9 Å². The van der Waals surface area contributed by atoms with Crippen LogP contribution in [-0.2, 0) is 4.74 Å². The lowest BCUT2D eigenvalue weighted by Crippen LogP contribution is -2.52. The molecule has 1 saturated heterocycles. The van der Waals surface area contributed by atoms with Crippen molar-refractivity contribution in [1.82, 2.24) is 5.32 Å². The van der Waals surface area contributed by atoms with Gasteiger partial charge >= 0.3 is 0 Å². The largest absolute Gasteiger partial charge is 0.374 e. The van der Waals surface area contributed by atoms with Gasteiger partial charge in [-0.3, -0.25) is 0 Å². The van der Waals surface area contributed by atoms with E-state index in [0.29, 0.717) is 6.04 Å². The minimum atomic E-state index is 0.0717. The molecule has 2 atom stereocenters. The number of hydrogen-bond donors (Lipinski definition) is 1. The van der Waals surface area contributed by atoms with Gasteiger partial charge in [0.05, 0.1) is 5.60 Å². The lowest BCUT2D eigenvalue weighted by atomic mass is 9.84. The summed E-state index contributed by atoms with van der Waals surface area (Å²) in [6, 6.07) is 0.533. The molecule has 0 amide bonds. The minimum absolute atomic E-state index is 0.0717. The summed E-state index contributed by atoms with van der Waals surface area (Å²) in [5, 5.41) is 3.71. The highest BCUT2D eigenvalue weighted by molar-refractivity contribution is 4.91. The molecule has 0 spiro atoms. The zero-order valence-electron chi connectivity index (χ0n) is 12.2. The van der Waals surface area contributed by atoms with Crippen LogP contribution in [0.25, 0.3) is 0 Å². The molecule has 17 heavy (non-hydrogen) atoms. The number of ether oxygens (including phenoxy) is 1. The Hall–Kier alpha value is -0.0800. The predicted molar refractivity (Wildman–Crippen MR) is 74.4 cm³/mol. The van der Waals surface area contributed by atoms with E-state index in [0.717, 1.165) is 19.1 Å². The molecule has 1 fully saturated rings. The Morgan fingerprint density at radius 2 is 2.00 bits per heavy atom. The smallest absolute Gasteiger partial charge is 0.0806 e. The van der Waals surface area contributed by atoms with Crippen molar-refractivity contribution in [3.63, 3.8) is 0 Å². The second-order valence-electron chi connectivity index (χ2n) is 6.10. The molecule has 1 N–H and O–H groups in total. The average molecular weight is 241 g/mol. The van der Waals surface area contributed by atoms with Crippen molar-refractivity contribution in [3.8, 4) is 0 Å². The van der Waals surface area contributed by atoms with Gasteiger partial charge in [0.2, 0.25) is 0 Å². The zero-order valence-corrected chi connectivity index (χ0v) is 12.2. The first-order valence-electron chi connectivity index (χ1n) is 7.46. The monoisotopic (exact) mass is 241 g/mol. The maximum atomic E-state index is 6.09. The highest BCUT2D eigenvalue weighted by atomic mass is 16.5. The Bertz CT molecular complexity index is 197. The fraction of sp³-hybridized carbons (Fsp3) is 1.00. The van der Waals surface area contributed by atoms with E-state index in [1.54, 1.807) is 0 Å². The molecule has 1 heterocycles. The van der Waals surface area contributed by atoms with Crippen LogP contribution in [0.2, 0.25) is 0 Å². The van der Waals surface area contributed by atoms with Crippen molar-refractivity contribution >= 4 is 0 Å². The summed E-state index contributed by atoms with van der Waals surface area (Å²) >= 11 is 0. The summed E-state index contributed by atoms with van der Waals surface area (Å²) < 4.78 is 6.09. The molecule has 0 aromatic rings. The van der Waals surface area contributed by atoms with Crippen LogP contribution in [0.1, 0.15) is 66.2 Å². The number of nitrogens with one attached hydrogen (secondary N) is 1. The van der Waals surface area contributed by atoms with Gasteiger partial charge in [0, 0.05) is 12.6 Å². The fourth-order valence-electron chi connectivity index (χ4n) is 2.67. The second kappa shape index (κ2) is 7.38. The molecule has 0 aliphatic carbocycles. The Balaban J connectivity index is 2.52. The molecule has 0 bridgehead atoms. The Labute approximate surface area is 108 Å². The molecule has 2 heteroatoms. The molecule has 1 aliphatic heterocycles. The third-order valence-electron chi connectivity index (χ3n) is 3.91. The summed E-state index contributed by atoms with van der Waals surface area (Å²) in [4.78, 5) is 0. The van der Waals surface area contributed by atoms with E-state index in [4.69, 9.17) is 4.74 Å². The first kappa shape index (κ1) is 15.0. The quantitative estimate of drug-likeness (QED) is 0.733. The maximum absolute atomic E-state index is 6.09. The van der Waals surface area contributed by atoms with E-state index in [1.807, 2.05) is 0 Å². The lowest BCUT2D eigenvalue weighted by Gasteiger charge is -2.41. The van der Waals surface area contributed by atoms with Crippen LogP contribution in [-0.4, -0.2) is 24.8 Å². The third-order valence-corrected chi connectivity index (χ3v) is 3.91. The predicted octanol–water partition coefficient (Wildman–Crippen LogP) is 3.75. The normalized spacial score (nSPS) is 27.4. The summed E-state index contributed by atoms with van der Waals surface area (Å²) in [6.07, 6.45) is 7.51. The van der Waals surface area contributed by atoms with Gasteiger partial charge in [-0.2, -0.15) is 0 Å². The summed E-state index contributed by atoms with van der Waals surface area (Å²) in [6.45, 7) is 11.2. The average Bonchev–Trinajstić information content (AvgIpc) is 2.29. The summed E-state index contributed by atoms with van der Waals surface area (Å²) in [5.41, 5.74) is 0.0717. The van der Waals surface area contributed by atoms with E-state index in [9.17, 15) is 0 Å². The molecule has 102 valence electrons. The van der Waals surface area contributed by atoms with Crippen LogP contribution in [0.3, 0.4) is 0 Å². The standard InChI is InChI=1S/C15H31NO/c1-5-11-16-14(9-8-13(2)3)15(4)10-6-7-12-17-15/h13-14,16H,5-12H2,1-4H3. The van der Waals surface area contributed by atoms with Gasteiger partial charge in [-0.05, 0) is 57.9 Å². The molecule has 1 aliphatic rings. The van der Waals surface area contributed by atoms with Crippen molar-refractivity contribution in [3.05, 3.63) is 0 Å². The van der Waals surface area contributed by atoms with Gasteiger partial charge in [0.1, 0.15) is 0 Å². The Kier molecular flexibility index (Phi) is 6.50. The van der Waals surface area contributed by atoms with Crippen molar-refractivity contribution in [2.24, 2.45) is 5.92 Å². The minimum Gasteiger partial charge on any atom is -0.374 e. The van der Waals surface area contributed by atoms with Crippen LogP contribution < -0.4 is 5.32 Å². The summed E-state index contributed by atoms with van der Waals surface area (Å²) in [7, 11) is 0. The lowest BCUT2D eigenvalue weighted by molar-refractivity contribution is -0.0907. The van der Waals surface area contributed by atoms with Crippen molar-refractivity contribution < 1.29 is 4.74 Å². The molecule has 1 rings (SSSR count). The van der Waals surface area contributed by atoms with E-state index >= 15 is 0 Å². The van der Waals surface area contributed by atoms with Crippen LogP contribution in [0.5, 0.6) is 0 Å². The van der Waals surface area contributed by atoms with Gasteiger partial charge in [-0.15, -0.1) is 0 Å². The van der Waals surface area contributed by atoms with Crippen molar-refractivity contribution in [2.75, 3.05) is 13.2 Å². The molecule has 0 aromatic carbocycles. The van der Waals surface area contributed by atoms with E-state index in [2.05, 4.69) is 33.0 Å². The molecule has 0 radical (unpaired) electrons. The topological polar surface area (TPSA) is 21.3 Å². The molecule has 2 nitrogen and oxygen atoms in total. The van der Waals surface area contributed by atoms with Gasteiger partial charge in [0.25, 0.3) is 0 Å². The molecular formula is C15H31NO. The highest BCUT2D eigenvalue weighted by Gasteiger charge is 2.36. The van der Waals surface area contributed by atoms with Crippen molar-refractivity contribution in [1.29, 1.82) is 0 Å². The van der Waals surface area contributed by atoms with Crippen LogP contribution in [0.4, 0.5) is 0 Å². The molecular weight excluding hydrogens is 210 g/mol. The third kappa shape index (κ3) is 4.97.